The monoisotopic (exact) mass is 361 g/mol. The summed E-state index contributed by atoms with van der Waals surface area (Å²) in [6.45, 7) is 3.16. The molecule has 0 atom stereocenters. The van der Waals surface area contributed by atoms with Crippen molar-refractivity contribution in [2.45, 2.75) is 13.5 Å². The maximum atomic E-state index is 4.86. The van der Waals surface area contributed by atoms with Crippen LogP contribution in [-0.2, 0) is 6.54 Å². The van der Waals surface area contributed by atoms with E-state index in [-0.39, 0.29) is 0 Å². The Morgan fingerprint density at radius 2 is 1.64 bits per heavy atom. The van der Waals surface area contributed by atoms with Crippen LogP contribution < -0.4 is 5.32 Å². The predicted molar refractivity (Wildman–Crippen MR) is 119 cm³/mol. The highest BCUT2D eigenvalue weighted by molar-refractivity contribution is 6.23. The lowest BCUT2D eigenvalue weighted by atomic mass is 10.0. The van der Waals surface area contributed by atoms with Gasteiger partial charge < -0.3 is 9.88 Å². The van der Waals surface area contributed by atoms with Gasteiger partial charge in [0.25, 0.3) is 0 Å². The third-order valence-corrected chi connectivity index (χ3v) is 5.72. The van der Waals surface area contributed by atoms with Gasteiger partial charge in [0.15, 0.2) is 0 Å². The Bertz CT molecular complexity index is 1420. The van der Waals surface area contributed by atoms with E-state index in [9.17, 15) is 0 Å². The maximum absolute atomic E-state index is 4.86. The minimum atomic E-state index is 0.922. The SMILES string of the molecule is CCn1c2ccccc2c2cc(NC3=Nc4cccc5cccc3c45)ccc21. The number of benzene rings is 4. The van der Waals surface area contributed by atoms with Gasteiger partial charge in [-0.2, -0.15) is 0 Å². The zero-order valence-electron chi connectivity index (χ0n) is 15.6. The van der Waals surface area contributed by atoms with E-state index in [1.165, 1.54) is 38.1 Å². The number of fused-ring (bicyclic) bond motifs is 3. The van der Waals surface area contributed by atoms with Crippen LogP contribution in [-0.4, -0.2) is 10.4 Å². The average Bonchev–Trinajstić information content (AvgIpc) is 3.25. The molecule has 28 heavy (non-hydrogen) atoms. The third-order valence-electron chi connectivity index (χ3n) is 5.72. The third kappa shape index (κ3) is 2.07. The second-order valence-electron chi connectivity index (χ2n) is 7.26. The molecule has 0 radical (unpaired) electrons. The molecule has 0 saturated heterocycles. The van der Waals surface area contributed by atoms with E-state index in [1.54, 1.807) is 0 Å². The van der Waals surface area contributed by atoms with Crippen LogP contribution in [0.15, 0.2) is 83.9 Å². The largest absolute Gasteiger partial charge is 0.341 e. The summed E-state index contributed by atoms with van der Waals surface area (Å²) in [5.41, 5.74) is 5.83. The van der Waals surface area contributed by atoms with Crippen LogP contribution in [0.1, 0.15) is 12.5 Å². The first-order valence-electron chi connectivity index (χ1n) is 9.72. The van der Waals surface area contributed by atoms with Crippen molar-refractivity contribution in [3.63, 3.8) is 0 Å². The number of hydrogen-bond acceptors (Lipinski definition) is 2. The zero-order valence-corrected chi connectivity index (χ0v) is 15.6. The van der Waals surface area contributed by atoms with Crippen LogP contribution in [0.3, 0.4) is 0 Å². The topological polar surface area (TPSA) is 29.3 Å². The molecule has 0 unspecified atom stereocenters. The molecule has 4 aromatic carbocycles. The number of aromatic nitrogens is 1. The molecule has 1 aromatic heterocycles. The van der Waals surface area contributed by atoms with Gasteiger partial charge in [-0.15, -0.1) is 0 Å². The number of amidine groups is 1. The normalized spacial score (nSPS) is 12.8. The van der Waals surface area contributed by atoms with Crippen LogP contribution in [0.4, 0.5) is 11.4 Å². The summed E-state index contributed by atoms with van der Waals surface area (Å²) in [5.74, 6) is 0.922. The van der Waals surface area contributed by atoms with Gasteiger partial charge in [0.1, 0.15) is 5.84 Å². The summed E-state index contributed by atoms with van der Waals surface area (Å²) in [4.78, 5) is 4.86. The van der Waals surface area contributed by atoms with Gasteiger partial charge in [0, 0.05) is 45.0 Å². The fourth-order valence-corrected chi connectivity index (χ4v) is 4.50. The Kier molecular flexibility index (Phi) is 3.15. The van der Waals surface area contributed by atoms with Gasteiger partial charge in [-0.05, 0) is 42.6 Å². The van der Waals surface area contributed by atoms with Crippen molar-refractivity contribution in [1.82, 2.24) is 4.57 Å². The summed E-state index contributed by atoms with van der Waals surface area (Å²) < 4.78 is 2.37. The molecule has 0 amide bonds. The van der Waals surface area contributed by atoms with Crippen molar-refractivity contribution in [3.05, 3.63) is 84.4 Å². The van der Waals surface area contributed by atoms with Crippen molar-refractivity contribution in [3.8, 4) is 0 Å². The van der Waals surface area contributed by atoms with E-state index in [4.69, 9.17) is 4.99 Å². The first kappa shape index (κ1) is 15.5. The van der Waals surface area contributed by atoms with Crippen LogP contribution in [0.25, 0.3) is 32.6 Å². The maximum Gasteiger partial charge on any atom is 0.139 e. The van der Waals surface area contributed by atoms with Crippen LogP contribution in [0, 0.1) is 0 Å². The average molecular weight is 361 g/mol. The molecular weight excluding hydrogens is 342 g/mol. The number of nitrogens with zero attached hydrogens (tertiary/aromatic N) is 2. The molecule has 6 rings (SSSR count). The Hall–Kier alpha value is -3.59. The number of rotatable bonds is 2. The molecule has 1 aliphatic heterocycles. The molecule has 0 saturated carbocycles. The molecule has 0 fully saturated rings. The van der Waals surface area contributed by atoms with Gasteiger partial charge in [0.2, 0.25) is 0 Å². The lowest BCUT2D eigenvalue weighted by Gasteiger charge is -2.09. The second-order valence-corrected chi connectivity index (χ2v) is 7.26. The smallest absolute Gasteiger partial charge is 0.139 e. The van der Waals surface area contributed by atoms with Crippen LogP contribution in [0.2, 0.25) is 0 Å². The van der Waals surface area contributed by atoms with Crippen LogP contribution >= 0.6 is 0 Å². The summed E-state index contributed by atoms with van der Waals surface area (Å²) in [6.07, 6.45) is 0. The highest BCUT2D eigenvalue weighted by atomic mass is 15.0. The number of hydrogen-bond donors (Lipinski definition) is 1. The van der Waals surface area contributed by atoms with E-state index in [2.05, 4.69) is 95.7 Å². The van der Waals surface area contributed by atoms with Gasteiger partial charge in [0.05, 0.1) is 5.69 Å². The Morgan fingerprint density at radius 3 is 2.54 bits per heavy atom. The molecule has 0 spiro atoms. The number of nitrogens with one attached hydrogen (secondary N) is 1. The van der Waals surface area contributed by atoms with E-state index >= 15 is 0 Å². The Morgan fingerprint density at radius 1 is 0.821 bits per heavy atom. The van der Waals surface area contributed by atoms with Gasteiger partial charge in [-0.3, -0.25) is 0 Å². The standard InChI is InChI=1S/C25H19N3/c1-2-28-22-12-4-3-9-18(22)20-15-17(13-14-23(20)28)26-25-19-10-5-7-16-8-6-11-21(27-25)24(16)19/h3-15H,2H2,1H3,(H,26,27). The molecule has 2 heterocycles. The summed E-state index contributed by atoms with van der Waals surface area (Å²) in [7, 11) is 0. The fraction of sp³-hybridized carbons (Fsp3) is 0.0800. The molecule has 1 aliphatic rings. The van der Waals surface area contributed by atoms with E-state index in [0.717, 1.165) is 23.8 Å². The van der Waals surface area contributed by atoms with Crippen molar-refractivity contribution in [1.29, 1.82) is 0 Å². The minimum absolute atomic E-state index is 0.922. The van der Waals surface area contributed by atoms with E-state index in [0.29, 0.717) is 0 Å². The highest BCUT2D eigenvalue weighted by Crippen LogP contribution is 2.36. The Labute approximate surface area is 162 Å². The van der Waals surface area contributed by atoms with Gasteiger partial charge >= 0.3 is 0 Å². The number of para-hydroxylation sites is 1. The van der Waals surface area contributed by atoms with Crippen molar-refractivity contribution in [2.24, 2.45) is 4.99 Å². The van der Waals surface area contributed by atoms with Crippen LogP contribution in [0.5, 0.6) is 0 Å². The first-order valence-corrected chi connectivity index (χ1v) is 9.72. The number of aryl methyl sites for hydroxylation is 1. The molecule has 3 nitrogen and oxygen atoms in total. The van der Waals surface area contributed by atoms with Crippen molar-refractivity contribution < 1.29 is 0 Å². The van der Waals surface area contributed by atoms with Crippen molar-refractivity contribution >= 4 is 49.8 Å². The van der Waals surface area contributed by atoms with Crippen molar-refractivity contribution in [2.75, 3.05) is 5.32 Å². The van der Waals surface area contributed by atoms with E-state index < -0.39 is 0 Å². The minimum Gasteiger partial charge on any atom is -0.341 e. The molecule has 5 aromatic rings. The summed E-state index contributed by atoms with van der Waals surface area (Å²) in [6, 6.07) is 27.9. The lowest BCUT2D eigenvalue weighted by Crippen LogP contribution is -2.11. The summed E-state index contributed by atoms with van der Waals surface area (Å²) in [5, 5.41) is 8.61. The molecule has 1 N–H and O–H groups in total. The quantitative estimate of drug-likeness (QED) is 0.383. The fourth-order valence-electron chi connectivity index (χ4n) is 4.50. The molecule has 134 valence electrons. The molecule has 0 aliphatic carbocycles. The van der Waals surface area contributed by atoms with Gasteiger partial charge in [-0.1, -0.05) is 48.5 Å². The number of aliphatic imine (C=N–C) groups is 1. The number of anilines is 1. The molecular formula is C25H19N3. The Balaban J connectivity index is 1.49. The lowest BCUT2D eigenvalue weighted by molar-refractivity contribution is 0.827. The first-order chi connectivity index (χ1) is 13.8. The highest BCUT2D eigenvalue weighted by Gasteiger charge is 2.18. The predicted octanol–water partition coefficient (Wildman–Crippen LogP) is 6.47. The zero-order chi connectivity index (χ0) is 18.7. The molecule has 0 bridgehead atoms. The van der Waals surface area contributed by atoms with E-state index in [1.807, 2.05) is 0 Å². The molecule has 3 heteroatoms. The van der Waals surface area contributed by atoms with Gasteiger partial charge in [-0.25, -0.2) is 4.99 Å². The summed E-state index contributed by atoms with van der Waals surface area (Å²) >= 11 is 0. The second kappa shape index (κ2) is 5.70.